The largest absolute Gasteiger partial charge is 0.756 e. The van der Waals surface area contributed by atoms with Crippen molar-refractivity contribution in [1.82, 2.24) is 5.32 Å². The van der Waals surface area contributed by atoms with Crippen molar-refractivity contribution < 1.29 is 32.9 Å². The Kier molecular flexibility index (Phi) is 44.4. The fraction of sp³-hybridized carbons (Fsp3) is 0.906. The molecule has 0 aromatic heterocycles. The lowest BCUT2D eigenvalue weighted by Crippen LogP contribution is -2.45. The molecule has 0 aliphatic heterocycles. The summed E-state index contributed by atoms with van der Waals surface area (Å²) in [5.41, 5.74) is 0. The summed E-state index contributed by atoms with van der Waals surface area (Å²) in [6.45, 7) is 4.67. The summed E-state index contributed by atoms with van der Waals surface area (Å²) in [7, 11) is 1.27. The molecule has 3 atom stereocenters. The zero-order chi connectivity index (χ0) is 45.7. The first-order chi connectivity index (χ1) is 30.0. The van der Waals surface area contributed by atoms with Gasteiger partial charge in [-0.2, -0.15) is 0 Å². The Hall–Kier alpha value is -1.02. The van der Waals surface area contributed by atoms with E-state index in [1.165, 1.54) is 199 Å². The summed E-state index contributed by atoms with van der Waals surface area (Å²) in [4.78, 5) is 25.4. The molecule has 8 nitrogen and oxygen atoms in total. The Morgan fingerprint density at radius 2 is 0.887 bits per heavy atom. The van der Waals surface area contributed by atoms with Crippen molar-refractivity contribution in [2.24, 2.45) is 0 Å². The molecule has 0 radical (unpaired) electrons. The molecule has 0 rings (SSSR count). The molecule has 0 aliphatic rings. The fourth-order valence-electron chi connectivity index (χ4n) is 7.91. The summed E-state index contributed by atoms with van der Waals surface area (Å²) in [6.07, 6.45) is 55.2. The van der Waals surface area contributed by atoms with Crippen LogP contribution in [-0.2, 0) is 18.4 Å². The van der Waals surface area contributed by atoms with E-state index in [2.05, 4.69) is 31.3 Å². The minimum absolute atomic E-state index is 0.000196. The highest BCUT2D eigenvalue weighted by atomic mass is 31.2. The van der Waals surface area contributed by atoms with Crippen LogP contribution in [0.25, 0.3) is 0 Å². The SMILES string of the molecule is CCCCCCCC/C=C\CCCCCCCCCCCC(=O)NC(COP(=O)([O-])OCC[N+](C)(C)C)C(O)/C=C/CCCCCCCCCCCCCCCCCCCCC. The number of aliphatic hydroxyl groups excluding tert-OH is 1. The molecule has 0 saturated heterocycles. The number of quaternary nitrogens is 1. The highest BCUT2D eigenvalue weighted by Crippen LogP contribution is 2.38. The zero-order valence-corrected chi connectivity index (χ0v) is 42.7. The number of unbranched alkanes of at least 4 members (excludes halogenated alkanes) is 34. The van der Waals surface area contributed by atoms with Gasteiger partial charge >= 0.3 is 0 Å². The predicted octanol–water partition coefficient (Wildman–Crippen LogP) is 15.0. The van der Waals surface area contributed by atoms with E-state index in [0.717, 1.165) is 38.5 Å². The van der Waals surface area contributed by atoms with Crippen LogP contribution in [0.5, 0.6) is 0 Å². The van der Waals surface area contributed by atoms with Crippen molar-refractivity contribution in [2.75, 3.05) is 40.9 Å². The molecule has 0 aliphatic carbocycles. The monoisotopic (exact) mass is 897 g/mol. The van der Waals surface area contributed by atoms with Crippen LogP contribution in [-0.4, -0.2) is 68.5 Å². The van der Waals surface area contributed by atoms with E-state index in [0.29, 0.717) is 17.4 Å². The molecule has 0 spiro atoms. The average Bonchev–Trinajstić information content (AvgIpc) is 3.23. The van der Waals surface area contributed by atoms with Gasteiger partial charge in [-0.25, -0.2) is 0 Å². The van der Waals surface area contributed by atoms with Gasteiger partial charge in [0, 0.05) is 6.42 Å². The number of nitrogens with one attached hydrogen (secondary N) is 1. The number of rotatable bonds is 49. The molecule has 62 heavy (non-hydrogen) atoms. The van der Waals surface area contributed by atoms with Gasteiger partial charge in [-0.05, 0) is 44.9 Å². The number of hydrogen-bond donors (Lipinski definition) is 2. The van der Waals surface area contributed by atoms with E-state index in [1.54, 1.807) is 6.08 Å². The van der Waals surface area contributed by atoms with Crippen LogP contribution in [0.4, 0.5) is 0 Å². The van der Waals surface area contributed by atoms with E-state index in [9.17, 15) is 19.4 Å². The number of nitrogens with zero attached hydrogens (tertiary/aromatic N) is 1. The predicted molar refractivity (Wildman–Crippen MR) is 265 cm³/mol. The summed E-state index contributed by atoms with van der Waals surface area (Å²) < 4.78 is 23.3. The van der Waals surface area contributed by atoms with E-state index < -0.39 is 20.0 Å². The van der Waals surface area contributed by atoms with Crippen LogP contribution < -0.4 is 10.2 Å². The number of carbonyl (C=O) groups excluding carboxylic acids is 1. The molecular weight excluding hydrogens is 792 g/mol. The lowest BCUT2D eigenvalue weighted by molar-refractivity contribution is -0.870. The smallest absolute Gasteiger partial charge is 0.268 e. The Morgan fingerprint density at radius 1 is 0.548 bits per heavy atom. The number of amides is 1. The van der Waals surface area contributed by atoms with Crippen LogP contribution in [0, 0.1) is 0 Å². The topological polar surface area (TPSA) is 108 Å². The van der Waals surface area contributed by atoms with Gasteiger partial charge in [0.15, 0.2) is 0 Å². The van der Waals surface area contributed by atoms with E-state index in [4.69, 9.17) is 9.05 Å². The minimum atomic E-state index is -4.59. The maximum atomic E-state index is 12.9. The van der Waals surface area contributed by atoms with Crippen LogP contribution in [0.1, 0.15) is 258 Å². The summed E-state index contributed by atoms with van der Waals surface area (Å²) in [5.74, 6) is -0.197. The van der Waals surface area contributed by atoms with Gasteiger partial charge in [0.25, 0.3) is 7.82 Å². The molecular formula is C53H105N2O6P. The molecule has 0 aromatic carbocycles. The molecule has 0 saturated carbocycles. The first-order valence-corrected chi connectivity index (χ1v) is 28.2. The fourth-order valence-corrected chi connectivity index (χ4v) is 8.64. The van der Waals surface area contributed by atoms with Gasteiger partial charge in [-0.3, -0.25) is 9.36 Å². The molecule has 0 bridgehead atoms. The first-order valence-electron chi connectivity index (χ1n) is 26.7. The van der Waals surface area contributed by atoms with Crippen molar-refractivity contribution >= 4 is 13.7 Å². The van der Waals surface area contributed by atoms with Crippen molar-refractivity contribution in [1.29, 1.82) is 0 Å². The van der Waals surface area contributed by atoms with Crippen molar-refractivity contribution in [3.05, 3.63) is 24.3 Å². The molecule has 1 amide bonds. The van der Waals surface area contributed by atoms with Gasteiger partial charge in [-0.15, -0.1) is 0 Å². The van der Waals surface area contributed by atoms with Gasteiger partial charge in [-0.1, -0.05) is 231 Å². The third kappa shape index (κ3) is 47.0. The number of carbonyl (C=O) groups is 1. The van der Waals surface area contributed by atoms with E-state index in [1.807, 2.05) is 27.2 Å². The van der Waals surface area contributed by atoms with Crippen LogP contribution in [0.2, 0.25) is 0 Å². The Bertz CT molecular complexity index is 1060. The van der Waals surface area contributed by atoms with Crippen LogP contribution >= 0.6 is 7.82 Å². The summed E-state index contributed by atoms with van der Waals surface area (Å²) in [6, 6.07) is -0.885. The van der Waals surface area contributed by atoms with Crippen molar-refractivity contribution in [3.8, 4) is 0 Å². The molecule has 0 heterocycles. The third-order valence-corrected chi connectivity index (χ3v) is 13.1. The number of hydrogen-bond acceptors (Lipinski definition) is 6. The number of likely N-dealkylation sites (N-methyl/N-ethyl adjacent to an activating group) is 1. The molecule has 2 N–H and O–H groups in total. The van der Waals surface area contributed by atoms with Crippen molar-refractivity contribution in [2.45, 2.75) is 270 Å². The summed E-state index contributed by atoms with van der Waals surface area (Å²) in [5, 5.41) is 13.9. The molecule has 9 heteroatoms. The lowest BCUT2D eigenvalue weighted by atomic mass is 10.0. The van der Waals surface area contributed by atoms with Gasteiger partial charge in [0.2, 0.25) is 5.91 Å². The molecule has 0 fully saturated rings. The number of phosphoric ester groups is 1. The van der Waals surface area contributed by atoms with Gasteiger partial charge < -0.3 is 28.8 Å². The van der Waals surface area contributed by atoms with Crippen molar-refractivity contribution in [3.63, 3.8) is 0 Å². The zero-order valence-electron chi connectivity index (χ0n) is 41.8. The second-order valence-corrected chi connectivity index (χ2v) is 21.0. The Balaban J connectivity index is 4.28. The van der Waals surface area contributed by atoms with Crippen LogP contribution in [0.15, 0.2) is 24.3 Å². The molecule has 3 unspecified atom stereocenters. The van der Waals surface area contributed by atoms with Gasteiger partial charge in [0.05, 0.1) is 39.9 Å². The van der Waals surface area contributed by atoms with Crippen LogP contribution in [0.3, 0.4) is 0 Å². The number of phosphoric acid groups is 1. The highest BCUT2D eigenvalue weighted by Gasteiger charge is 2.23. The second kappa shape index (κ2) is 45.1. The van der Waals surface area contributed by atoms with E-state index >= 15 is 0 Å². The first kappa shape index (κ1) is 61.0. The highest BCUT2D eigenvalue weighted by molar-refractivity contribution is 7.45. The van der Waals surface area contributed by atoms with E-state index in [-0.39, 0.29) is 19.1 Å². The van der Waals surface area contributed by atoms with Gasteiger partial charge in [0.1, 0.15) is 13.2 Å². The quantitative estimate of drug-likeness (QED) is 0.0273. The minimum Gasteiger partial charge on any atom is -0.756 e. The Labute approximate surface area is 385 Å². The maximum absolute atomic E-state index is 12.9. The average molecular weight is 897 g/mol. The number of aliphatic hydroxyl groups is 1. The number of allylic oxidation sites excluding steroid dienone is 3. The normalized spacial score (nSPS) is 14.2. The lowest BCUT2D eigenvalue weighted by Gasteiger charge is -2.29. The molecule has 368 valence electrons. The molecule has 0 aromatic rings. The summed E-state index contributed by atoms with van der Waals surface area (Å²) >= 11 is 0. The second-order valence-electron chi connectivity index (χ2n) is 19.6. The Morgan fingerprint density at radius 3 is 1.26 bits per heavy atom. The maximum Gasteiger partial charge on any atom is 0.268 e. The third-order valence-electron chi connectivity index (χ3n) is 12.2. The standard InChI is InChI=1S/C53H105N2O6P/c1-6-8-10-12-14-16-18-20-22-24-26-27-29-30-32-34-36-38-40-42-44-46-52(56)51(50-61-62(58,59)60-49-48-55(3,4)5)54-53(57)47-45-43-41-39-37-35-33-31-28-25-23-21-19-17-15-13-11-9-7-2/h21,23,44,46,51-52,56H,6-20,22,24-43,45,47-50H2,1-5H3,(H-,54,57,58,59)/b23-21-,46-44+.